The van der Waals surface area contributed by atoms with Crippen LogP contribution in [0.15, 0.2) is 48.5 Å². The van der Waals surface area contributed by atoms with Crippen LogP contribution in [0.4, 0.5) is 17.6 Å². The van der Waals surface area contributed by atoms with Crippen LogP contribution >= 0.6 is 0 Å². The first kappa shape index (κ1) is 18.4. The third-order valence-corrected chi connectivity index (χ3v) is 4.97. The van der Waals surface area contributed by atoms with Crippen molar-refractivity contribution in [3.05, 3.63) is 71.0 Å². The van der Waals surface area contributed by atoms with E-state index in [2.05, 4.69) is 52.6 Å². The number of aromatic nitrogens is 3. The van der Waals surface area contributed by atoms with Gasteiger partial charge in [0.15, 0.2) is 0 Å². The van der Waals surface area contributed by atoms with E-state index in [-0.39, 0.29) is 6.04 Å². The summed E-state index contributed by atoms with van der Waals surface area (Å²) in [7, 11) is 0. The van der Waals surface area contributed by atoms with Crippen molar-refractivity contribution in [2.24, 2.45) is 0 Å². The Hall–Kier alpha value is -2.95. The average molecular weight is 374 g/mol. The smallest absolute Gasteiger partial charge is 0.232 e. The molecular weight excluding hydrogens is 346 g/mol. The molecule has 0 bridgehead atoms. The molecule has 0 aliphatic heterocycles. The fourth-order valence-corrected chi connectivity index (χ4v) is 3.72. The van der Waals surface area contributed by atoms with Gasteiger partial charge in [0.2, 0.25) is 11.9 Å². The highest BCUT2D eigenvalue weighted by molar-refractivity contribution is 5.54. The van der Waals surface area contributed by atoms with E-state index in [0.29, 0.717) is 11.9 Å². The van der Waals surface area contributed by atoms with Crippen LogP contribution in [-0.2, 0) is 19.3 Å². The van der Waals surface area contributed by atoms with Crippen molar-refractivity contribution in [2.75, 3.05) is 10.6 Å². The Morgan fingerprint density at radius 1 is 0.857 bits per heavy atom. The maximum Gasteiger partial charge on any atom is 0.232 e. The molecule has 2 N–H and O–H groups in total. The van der Waals surface area contributed by atoms with Crippen LogP contribution in [0.2, 0.25) is 0 Å². The predicted molar refractivity (Wildman–Crippen MR) is 114 cm³/mol. The quantitative estimate of drug-likeness (QED) is 0.643. The van der Waals surface area contributed by atoms with Crippen molar-refractivity contribution in [1.29, 1.82) is 0 Å². The first-order chi connectivity index (χ1) is 13.7. The summed E-state index contributed by atoms with van der Waals surface area (Å²) in [6.45, 7) is 4.17. The number of nitrogens with zero attached hydrogens (tertiary/aromatic N) is 3. The van der Waals surface area contributed by atoms with Crippen LogP contribution < -0.4 is 10.6 Å². The highest BCUT2D eigenvalue weighted by Gasteiger charge is 2.15. The van der Waals surface area contributed by atoms with Gasteiger partial charge in [0, 0.05) is 18.2 Å². The molecule has 0 spiro atoms. The van der Waals surface area contributed by atoms with Crippen LogP contribution in [0.5, 0.6) is 0 Å². The third kappa shape index (κ3) is 4.47. The van der Waals surface area contributed by atoms with Gasteiger partial charge in [0.05, 0.1) is 0 Å². The highest BCUT2D eigenvalue weighted by atomic mass is 15.2. The van der Waals surface area contributed by atoms with E-state index < -0.39 is 0 Å². The molecule has 28 heavy (non-hydrogen) atoms. The summed E-state index contributed by atoms with van der Waals surface area (Å²) >= 11 is 0. The highest BCUT2D eigenvalue weighted by Crippen LogP contribution is 2.26. The standard InChI is InChI=1S/C23H27N5/c1-16(2)24-22-26-21(27-23(28-22)25-19-12-4-3-5-13-19)15-18-11-8-10-17-9-6-7-14-20(17)18/h3-5,8,10-13,16H,6-7,9,14-15H2,1-2H3,(H2,24,25,26,27,28). The maximum atomic E-state index is 4.71. The lowest BCUT2D eigenvalue weighted by atomic mass is 9.87. The Morgan fingerprint density at radius 2 is 1.64 bits per heavy atom. The van der Waals surface area contributed by atoms with Crippen molar-refractivity contribution >= 4 is 17.6 Å². The Bertz CT molecular complexity index is 937. The fraction of sp³-hybridized carbons (Fsp3) is 0.348. The molecule has 0 unspecified atom stereocenters. The number of fused-ring (bicyclic) bond motifs is 1. The van der Waals surface area contributed by atoms with Crippen molar-refractivity contribution in [3.8, 4) is 0 Å². The number of rotatable bonds is 6. The molecule has 0 fully saturated rings. The summed E-state index contributed by atoms with van der Waals surface area (Å²) in [5.41, 5.74) is 5.28. The lowest BCUT2D eigenvalue weighted by Crippen LogP contribution is -2.16. The molecule has 1 aliphatic rings. The predicted octanol–water partition coefficient (Wildman–Crippen LogP) is 4.91. The van der Waals surface area contributed by atoms with Gasteiger partial charge in [0.1, 0.15) is 5.82 Å². The molecule has 0 amide bonds. The van der Waals surface area contributed by atoms with Gasteiger partial charge in [-0.15, -0.1) is 0 Å². The van der Waals surface area contributed by atoms with Gasteiger partial charge >= 0.3 is 0 Å². The van der Waals surface area contributed by atoms with Crippen molar-refractivity contribution in [1.82, 2.24) is 15.0 Å². The van der Waals surface area contributed by atoms with E-state index in [1.807, 2.05) is 30.3 Å². The average Bonchev–Trinajstić information content (AvgIpc) is 2.68. The third-order valence-electron chi connectivity index (χ3n) is 4.97. The molecule has 1 heterocycles. The van der Waals surface area contributed by atoms with E-state index >= 15 is 0 Å². The summed E-state index contributed by atoms with van der Waals surface area (Å²) in [6, 6.07) is 16.9. The minimum atomic E-state index is 0.254. The van der Waals surface area contributed by atoms with Gasteiger partial charge in [-0.3, -0.25) is 0 Å². The zero-order chi connectivity index (χ0) is 19.3. The van der Waals surface area contributed by atoms with E-state index in [4.69, 9.17) is 4.98 Å². The van der Waals surface area contributed by atoms with Crippen molar-refractivity contribution in [2.45, 2.75) is 52.0 Å². The van der Waals surface area contributed by atoms with Gasteiger partial charge in [-0.1, -0.05) is 36.4 Å². The maximum absolute atomic E-state index is 4.71. The van der Waals surface area contributed by atoms with Gasteiger partial charge in [-0.05, 0) is 68.4 Å². The molecular formula is C23H27N5. The fourth-order valence-electron chi connectivity index (χ4n) is 3.72. The first-order valence-electron chi connectivity index (χ1n) is 10.1. The number of aryl methyl sites for hydroxylation is 1. The zero-order valence-corrected chi connectivity index (χ0v) is 16.6. The molecule has 0 radical (unpaired) electrons. The molecule has 0 saturated carbocycles. The van der Waals surface area contributed by atoms with Crippen LogP contribution in [0.3, 0.4) is 0 Å². The number of nitrogens with one attached hydrogen (secondary N) is 2. The van der Waals surface area contributed by atoms with Gasteiger partial charge in [0.25, 0.3) is 0 Å². The Balaban J connectivity index is 1.65. The number of hydrogen-bond acceptors (Lipinski definition) is 5. The summed E-state index contributed by atoms with van der Waals surface area (Å²) in [6.07, 6.45) is 5.62. The number of hydrogen-bond donors (Lipinski definition) is 2. The first-order valence-corrected chi connectivity index (χ1v) is 10.1. The zero-order valence-electron chi connectivity index (χ0n) is 16.6. The van der Waals surface area contributed by atoms with Gasteiger partial charge in [-0.25, -0.2) is 0 Å². The minimum absolute atomic E-state index is 0.254. The Morgan fingerprint density at radius 3 is 2.46 bits per heavy atom. The molecule has 5 nitrogen and oxygen atoms in total. The van der Waals surface area contributed by atoms with Crippen LogP contribution in [-0.4, -0.2) is 21.0 Å². The van der Waals surface area contributed by atoms with Crippen molar-refractivity contribution < 1.29 is 0 Å². The molecule has 1 aromatic heterocycles. The van der Waals surface area contributed by atoms with Crippen LogP contribution in [0, 0.1) is 0 Å². The normalized spacial score (nSPS) is 13.2. The second kappa shape index (κ2) is 8.38. The Labute approximate surface area is 166 Å². The van der Waals surface area contributed by atoms with E-state index in [1.54, 1.807) is 0 Å². The summed E-state index contributed by atoms with van der Waals surface area (Å²) in [5.74, 6) is 1.97. The van der Waals surface area contributed by atoms with E-state index in [9.17, 15) is 0 Å². The topological polar surface area (TPSA) is 62.7 Å². The molecule has 2 aromatic carbocycles. The van der Waals surface area contributed by atoms with Crippen LogP contribution in [0.25, 0.3) is 0 Å². The lowest BCUT2D eigenvalue weighted by Gasteiger charge is -2.19. The number of para-hydroxylation sites is 1. The largest absolute Gasteiger partial charge is 0.352 e. The van der Waals surface area contributed by atoms with Gasteiger partial charge in [-0.2, -0.15) is 15.0 Å². The van der Waals surface area contributed by atoms with Gasteiger partial charge < -0.3 is 10.6 Å². The summed E-state index contributed by atoms with van der Waals surface area (Å²) < 4.78 is 0. The second-order valence-corrected chi connectivity index (χ2v) is 7.63. The minimum Gasteiger partial charge on any atom is -0.352 e. The molecule has 0 atom stereocenters. The molecule has 0 saturated heterocycles. The monoisotopic (exact) mass is 373 g/mol. The molecule has 1 aliphatic carbocycles. The molecule has 3 aromatic rings. The molecule has 144 valence electrons. The molecule has 4 rings (SSSR count). The summed E-state index contributed by atoms with van der Waals surface area (Å²) in [5, 5.41) is 6.62. The van der Waals surface area contributed by atoms with Crippen molar-refractivity contribution in [3.63, 3.8) is 0 Å². The number of benzene rings is 2. The van der Waals surface area contributed by atoms with E-state index in [0.717, 1.165) is 24.4 Å². The second-order valence-electron chi connectivity index (χ2n) is 7.63. The summed E-state index contributed by atoms with van der Waals surface area (Å²) in [4.78, 5) is 13.9. The number of anilines is 3. The molecule has 5 heteroatoms. The lowest BCUT2D eigenvalue weighted by molar-refractivity contribution is 0.678. The van der Waals surface area contributed by atoms with E-state index in [1.165, 1.54) is 36.0 Å². The Kier molecular flexibility index (Phi) is 5.51. The SMILES string of the molecule is CC(C)Nc1nc(Cc2cccc3c2CCCC3)nc(Nc2ccccc2)n1. The van der Waals surface area contributed by atoms with Crippen LogP contribution in [0.1, 0.15) is 49.2 Å².